The van der Waals surface area contributed by atoms with Crippen molar-refractivity contribution in [1.29, 1.82) is 0 Å². The number of ether oxygens (including phenoxy) is 1. The topological polar surface area (TPSA) is 26.3 Å². The van der Waals surface area contributed by atoms with Crippen LogP contribution in [0.4, 0.5) is 0 Å². The summed E-state index contributed by atoms with van der Waals surface area (Å²) in [4.78, 5) is 10.8. The number of ketones is 1. The Kier molecular flexibility index (Phi) is 2.26. The second-order valence-corrected chi connectivity index (χ2v) is 2.20. The minimum absolute atomic E-state index is 0.0210. The summed E-state index contributed by atoms with van der Waals surface area (Å²) >= 11 is 0. The molecule has 1 aromatic carbocycles. The molecule has 0 aliphatic heterocycles. The van der Waals surface area contributed by atoms with Crippen LogP contribution in [0.15, 0.2) is 18.2 Å². The summed E-state index contributed by atoms with van der Waals surface area (Å²) in [5, 5.41) is 0. The maximum atomic E-state index is 10.8. The summed E-state index contributed by atoms with van der Waals surface area (Å²) in [6.07, 6.45) is 0. The molecule has 0 aliphatic carbocycles. The fourth-order valence-corrected chi connectivity index (χ4v) is 0.757. The lowest BCUT2D eigenvalue weighted by molar-refractivity contribution is 0.101. The highest BCUT2D eigenvalue weighted by molar-refractivity contribution is 5.93. The first kappa shape index (κ1) is 7.79. The van der Waals surface area contributed by atoms with E-state index in [1.165, 1.54) is 6.92 Å². The van der Waals surface area contributed by atoms with Crippen molar-refractivity contribution in [3.63, 3.8) is 0 Å². The van der Waals surface area contributed by atoms with Gasteiger partial charge in [0.2, 0.25) is 0 Å². The molecule has 0 spiro atoms. The summed E-state index contributed by atoms with van der Waals surface area (Å²) in [6, 6.07) is 7.90. The van der Waals surface area contributed by atoms with Crippen LogP contribution in [0.5, 0.6) is 5.75 Å². The molecule has 0 aliphatic rings. The van der Waals surface area contributed by atoms with Gasteiger partial charge in [-0.2, -0.15) is 0 Å². The van der Waals surface area contributed by atoms with E-state index in [2.05, 4.69) is 6.07 Å². The minimum atomic E-state index is 0.0210. The second-order valence-electron chi connectivity index (χ2n) is 2.20. The van der Waals surface area contributed by atoms with Crippen LogP contribution in [0.25, 0.3) is 0 Å². The molecule has 0 bridgehead atoms. The lowest BCUT2D eigenvalue weighted by Crippen LogP contribution is -1.91. The average Bonchev–Trinajstić information content (AvgIpc) is 2.05. The Balaban J connectivity index is 2.91. The van der Waals surface area contributed by atoms with Crippen LogP contribution in [-0.2, 0) is 0 Å². The molecular formula is C9H9O2. The molecule has 11 heavy (non-hydrogen) atoms. The third-order valence-electron chi connectivity index (χ3n) is 1.40. The van der Waals surface area contributed by atoms with Crippen LogP contribution in [0.1, 0.15) is 17.3 Å². The third kappa shape index (κ3) is 1.80. The Morgan fingerprint density at radius 2 is 2.27 bits per heavy atom. The number of carbonyl (C=O) groups is 1. The van der Waals surface area contributed by atoms with Gasteiger partial charge in [-0.05, 0) is 31.2 Å². The van der Waals surface area contributed by atoms with Gasteiger partial charge in [0.1, 0.15) is 5.75 Å². The van der Waals surface area contributed by atoms with Crippen LogP contribution >= 0.6 is 0 Å². The largest absolute Gasteiger partial charge is 0.497 e. The molecule has 0 aromatic heterocycles. The van der Waals surface area contributed by atoms with Gasteiger partial charge < -0.3 is 4.74 Å². The van der Waals surface area contributed by atoms with Crippen LogP contribution in [0.3, 0.4) is 0 Å². The van der Waals surface area contributed by atoms with Gasteiger partial charge >= 0.3 is 0 Å². The summed E-state index contributed by atoms with van der Waals surface area (Å²) in [5.74, 6) is 0.739. The number of benzene rings is 1. The van der Waals surface area contributed by atoms with Gasteiger partial charge in [-0.1, -0.05) is 0 Å². The monoisotopic (exact) mass is 149 g/mol. The highest BCUT2D eigenvalue weighted by Gasteiger charge is 1.97. The molecule has 57 valence electrons. The highest BCUT2D eigenvalue weighted by atomic mass is 16.5. The molecule has 0 N–H and O–H groups in total. The molecular weight excluding hydrogens is 140 g/mol. The lowest BCUT2D eigenvalue weighted by Gasteiger charge is -1.98. The summed E-state index contributed by atoms with van der Waals surface area (Å²) in [7, 11) is 1.58. The molecule has 1 aromatic rings. The lowest BCUT2D eigenvalue weighted by atomic mass is 10.1. The number of carbonyl (C=O) groups excluding carboxylic acids is 1. The van der Waals surface area contributed by atoms with Crippen molar-refractivity contribution in [2.45, 2.75) is 6.92 Å². The van der Waals surface area contributed by atoms with Crippen LogP contribution < -0.4 is 4.74 Å². The number of rotatable bonds is 2. The van der Waals surface area contributed by atoms with E-state index in [1.807, 2.05) is 0 Å². The Bertz CT molecular complexity index is 249. The first-order valence-corrected chi connectivity index (χ1v) is 3.30. The summed E-state index contributed by atoms with van der Waals surface area (Å²) in [5.41, 5.74) is 0.589. The molecule has 0 atom stereocenters. The fourth-order valence-electron chi connectivity index (χ4n) is 0.757. The molecule has 0 amide bonds. The number of methoxy groups -OCH3 is 1. The van der Waals surface area contributed by atoms with Gasteiger partial charge in [0.05, 0.1) is 7.11 Å². The van der Waals surface area contributed by atoms with Crippen molar-refractivity contribution in [1.82, 2.24) is 0 Å². The van der Waals surface area contributed by atoms with Crippen molar-refractivity contribution in [2.24, 2.45) is 0 Å². The predicted molar refractivity (Wildman–Crippen MR) is 41.8 cm³/mol. The van der Waals surface area contributed by atoms with Gasteiger partial charge in [0.25, 0.3) is 0 Å². The standard InChI is InChI=1S/C9H9O2/c1-7(10)8-3-5-9(11-2)6-4-8/h3,5-6H,1-2H3. The Hall–Kier alpha value is -1.31. The van der Waals surface area contributed by atoms with Crippen molar-refractivity contribution in [2.75, 3.05) is 7.11 Å². The van der Waals surface area contributed by atoms with E-state index in [9.17, 15) is 4.79 Å². The van der Waals surface area contributed by atoms with Crippen LogP contribution in [-0.4, -0.2) is 12.9 Å². The third-order valence-corrected chi connectivity index (χ3v) is 1.40. The molecule has 0 saturated carbocycles. The molecule has 0 unspecified atom stereocenters. The van der Waals surface area contributed by atoms with Crippen LogP contribution in [0, 0.1) is 6.07 Å². The van der Waals surface area contributed by atoms with Crippen molar-refractivity contribution < 1.29 is 9.53 Å². The van der Waals surface area contributed by atoms with Crippen molar-refractivity contribution >= 4 is 5.78 Å². The molecule has 0 fully saturated rings. The normalized spacial score (nSPS) is 9.27. The number of Topliss-reactive ketones (excluding diaryl/α,β-unsaturated/α-hetero) is 1. The molecule has 2 heteroatoms. The van der Waals surface area contributed by atoms with Gasteiger partial charge in [0, 0.05) is 5.56 Å². The van der Waals surface area contributed by atoms with E-state index in [4.69, 9.17) is 4.74 Å². The van der Waals surface area contributed by atoms with E-state index in [1.54, 1.807) is 25.3 Å². The Labute approximate surface area is 65.8 Å². The second kappa shape index (κ2) is 3.19. The van der Waals surface area contributed by atoms with Gasteiger partial charge in [0.15, 0.2) is 5.78 Å². The molecule has 2 nitrogen and oxygen atoms in total. The zero-order valence-electron chi connectivity index (χ0n) is 6.55. The number of hydrogen-bond donors (Lipinski definition) is 0. The summed E-state index contributed by atoms with van der Waals surface area (Å²) in [6.45, 7) is 1.51. The maximum absolute atomic E-state index is 10.8. The van der Waals surface area contributed by atoms with E-state index >= 15 is 0 Å². The smallest absolute Gasteiger partial charge is 0.160 e. The van der Waals surface area contributed by atoms with E-state index in [-0.39, 0.29) is 5.78 Å². The zero-order valence-corrected chi connectivity index (χ0v) is 6.55. The predicted octanol–water partition coefficient (Wildman–Crippen LogP) is 1.70. The Morgan fingerprint density at radius 3 is 2.64 bits per heavy atom. The van der Waals surface area contributed by atoms with Crippen molar-refractivity contribution in [3.05, 3.63) is 29.8 Å². The fraction of sp³-hybridized carbons (Fsp3) is 0.222. The Morgan fingerprint density at radius 1 is 1.55 bits per heavy atom. The average molecular weight is 149 g/mol. The first-order chi connectivity index (χ1) is 5.24. The van der Waals surface area contributed by atoms with E-state index < -0.39 is 0 Å². The first-order valence-electron chi connectivity index (χ1n) is 3.30. The van der Waals surface area contributed by atoms with E-state index in [0.717, 1.165) is 5.75 Å². The molecule has 1 rings (SSSR count). The van der Waals surface area contributed by atoms with E-state index in [0.29, 0.717) is 5.56 Å². The van der Waals surface area contributed by atoms with Crippen LogP contribution in [0.2, 0.25) is 0 Å². The van der Waals surface area contributed by atoms with Gasteiger partial charge in [-0.25, -0.2) is 0 Å². The van der Waals surface area contributed by atoms with Crippen molar-refractivity contribution in [3.8, 4) is 5.75 Å². The SMILES string of the molecule is COc1c[c]c(C(C)=O)cc1. The molecule has 0 saturated heterocycles. The maximum Gasteiger partial charge on any atom is 0.160 e. The minimum Gasteiger partial charge on any atom is -0.497 e. The summed E-state index contributed by atoms with van der Waals surface area (Å²) < 4.78 is 4.91. The zero-order chi connectivity index (χ0) is 8.27. The molecule has 1 radical (unpaired) electrons. The van der Waals surface area contributed by atoms with Gasteiger partial charge in [-0.15, -0.1) is 0 Å². The quantitative estimate of drug-likeness (QED) is 0.598. The van der Waals surface area contributed by atoms with Gasteiger partial charge in [-0.3, -0.25) is 4.79 Å². The molecule has 0 heterocycles. The highest BCUT2D eigenvalue weighted by Crippen LogP contribution is 2.10. The number of hydrogen-bond acceptors (Lipinski definition) is 2.